The Morgan fingerprint density at radius 2 is 2.12 bits per heavy atom. The first-order valence-electron chi connectivity index (χ1n) is 6.04. The van der Waals surface area contributed by atoms with Gasteiger partial charge < -0.3 is 16.0 Å². The van der Waals surface area contributed by atoms with Crippen LogP contribution in [0.3, 0.4) is 0 Å². The van der Waals surface area contributed by atoms with Crippen LogP contribution in [0.5, 0.6) is 0 Å². The van der Waals surface area contributed by atoms with E-state index < -0.39 is 0 Å². The Morgan fingerprint density at radius 1 is 1.41 bits per heavy atom. The van der Waals surface area contributed by atoms with Crippen molar-refractivity contribution in [2.45, 2.75) is 19.8 Å². The third kappa shape index (κ3) is 2.90. The van der Waals surface area contributed by atoms with Crippen LogP contribution in [0.15, 0.2) is 18.2 Å². The highest BCUT2D eigenvalue weighted by molar-refractivity contribution is 5.82. The number of nitrogens with two attached hydrogens (primary N) is 1. The number of aryl methyl sites for hydroxylation is 1. The largest absolute Gasteiger partial charge is 0.397 e. The maximum atomic E-state index is 11.8. The van der Waals surface area contributed by atoms with Crippen molar-refractivity contribution in [1.29, 1.82) is 0 Å². The van der Waals surface area contributed by atoms with E-state index in [9.17, 15) is 4.79 Å². The minimum absolute atomic E-state index is 0.156. The van der Waals surface area contributed by atoms with E-state index in [0.717, 1.165) is 37.2 Å². The fourth-order valence-corrected chi connectivity index (χ4v) is 2.07. The predicted octanol–water partition coefficient (Wildman–Crippen LogP) is 1.61. The number of nitrogens with one attached hydrogen (secondary N) is 1. The highest BCUT2D eigenvalue weighted by atomic mass is 16.2. The van der Waals surface area contributed by atoms with Crippen LogP contribution in [-0.4, -0.2) is 30.4 Å². The van der Waals surface area contributed by atoms with Crippen molar-refractivity contribution in [2.24, 2.45) is 0 Å². The van der Waals surface area contributed by atoms with Crippen molar-refractivity contribution in [2.75, 3.05) is 30.7 Å². The summed E-state index contributed by atoms with van der Waals surface area (Å²) in [6.07, 6.45) is 2.25. The molecule has 1 heterocycles. The zero-order chi connectivity index (χ0) is 12.3. The number of hydrogen-bond donors (Lipinski definition) is 2. The fourth-order valence-electron chi connectivity index (χ4n) is 2.07. The summed E-state index contributed by atoms with van der Waals surface area (Å²) in [4.78, 5) is 13.7. The van der Waals surface area contributed by atoms with E-state index in [1.165, 1.54) is 0 Å². The molecule has 17 heavy (non-hydrogen) atoms. The van der Waals surface area contributed by atoms with Gasteiger partial charge in [-0.15, -0.1) is 0 Å². The molecule has 0 spiro atoms. The van der Waals surface area contributed by atoms with E-state index in [-0.39, 0.29) is 5.91 Å². The van der Waals surface area contributed by atoms with E-state index in [1.807, 2.05) is 30.0 Å². The summed E-state index contributed by atoms with van der Waals surface area (Å²) >= 11 is 0. The van der Waals surface area contributed by atoms with E-state index in [0.29, 0.717) is 12.2 Å². The molecule has 1 saturated heterocycles. The number of hydrogen-bond acceptors (Lipinski definition) is 3. The Morgan fingerprint density at radius 3 is 2.82 bits per heavy atom. The van der Waals surface area contributed by atoms with Crippen LogP contribution in [0.2, 0.25) is 0 Å². The third-order valence-electron chi connectivity index (χ3n) is 3.10. The molecule has 4 heteroatoms. The number of rotatable bonds is 3. The van der Waals surface area contributed by atoms with Crippen LogP contribution in [-0.2, 0) is 4.79 Å². The number of amides is 1. The Hall–Kier alpha value is -1.71. The number of nitrogens with zero attached hydrogens (tertiary/aromatic N) is 1. The molecule has 1 fully saturated rings. The van der Waals surface area contributed by atoms with Crippen LogP contribution in [0.1, 0.15) is 18.4 Å². The smallest absolute Gasteiger partial charge is 0.241 e. The van der Waals surface area contributed by atoms with Crippen molar-refractivity contribution in [3.8, 4) is 0 Å². The van der Waals surface area contributed by atoms with Gasteiger partial charge in [-0.1, -0.05) is 6.07 Å². The maximum absolute atomic E-state index is 11.8. The fraction of sp³-hybridized carbons (Fsp3) is 0.462. The molecule has 3 N–H and O–H groups in total. The maximum Gasteiger partial charge on any atom is 0.241 e. The molecule has 0 radical (unpaired) electrons. The number of carbonyl (C=O) groups is 1. The van der Waals surface area contributed by atoms with Crippen molar-refractivity contribution in [3.05, 3.63) is 23.8 Å². The van der Waals surface area contributed by atoms with Crippen LogP contribution in [0.4, 0.5) is 11.4 Å². The average molecular weight is 233 g/mol. The molecule has 0 unspecified atom stereocenters. The zero-order valence-corrected chi connectivity index (χ0v) is 10.2. The monoisotopic (exact) mass is 233 g/mol. The van der Waals surface area contributed by atoms with Crippen molar-refractivity contribution in [3.63, 3.8) is 0 Å². The van der Waals surface area contributed by atoms with Gasteiger partial charge in [0.05, 0.1) is 17.9 Å². The van der Waals surface area contributed by atoms with E-state index in [2.05, 4.69) is 5.32 Å². The molecule has 0 atom stereocenters. The first-order chi connectivity index (χ1) is 8.16. The summed E-state index contributed by atoms with van der Waals surface area (Å²) in [5.74, 6) is 0.156. The SMILES string of the molecule is Cc1ccc(N)c(NCC(=O)N2CCCC2)c1. The van der Waals surface area contributed by atoms with Crippen LogP contribution < -0.4 is 11.1 Å². The molecule has 0 aromatic heterocycles. The minimum Gasteiger partial charge on any atom is -0.397 e. The second-order valence-corrected chi connectivity index (χ2v) is 4.53. The summed E-state index contributed by atoms with van der Waals surface area (Å²) < 4.78 is 0. The van der Waals surface area contributed by atoms with Gasteiger partial charge in [-0.25, -0.2) is 0 Å². The molecule has 0 saturated carbocycles. The summed E-state index contributed by atoms with van der Waals surface area (Å²) in [5.41, 5.74) is 8.51. The summed E-state index contributed by atoms with van der Waals surface area (Å²) in [7, 11) is 0. The number of carbonyl (C=O) groups excluding carboxylic acids is 1. The van der Waals surface area contributed by atoms with Gasteiger partial charge in [0, 0.05) is 13.1 Å². The second-order valence-electron chi connectivity index (χ2n) is 4.53. The van der Waals surface area contributed by atoms with Crippen molar-refractivity contribution in [1.82, 2.24) is 4.90 Å². The topological polar surface area (TPSA) is 58.4 Å². The van der Waals surface area contributed by atoms with E-state index >= 15 is 0 Å². The summed E-state index contributed by atoms with van der Waals surface area (Å²) in [5, 5.41) is 3.11. The van der Waals surface area contributed by atoms with Gasteiger partial charge in [-0.3, -0.25) is 4.79 Å². The van der Waals surface area contributed by atoms with Gasteiger partial charge in [-0.2, -0.15) is 0 Å². The van der Waals surface area contributed by atoms with Gasteiger partial charge >= 0.3 is 0 Å². The lowest BCUT2D eigenvalue weighted by Crippen LogP contribution is -2.33. The molecular formula is C13H19N3O. The summed E-state index contributed by atoms with van der Waals surface area (Å²) in [6, 6.07) is 5.79. The molecule has 0 bridgehead atoms. The molecule has 2 rings (SSSR count). The van der Waals surface area contributed by atoms with E-state index in [1.54, 1.807) is 0 Å². The van der Waals surface area contributed by atoms with Crippen molar-refractivity contribution >= 4 is 17.3 Å². The lowest BCUT2D eigenvalue weighted by molar-refractivity contribution is -0.128. The number of anilines is 2. The molecule has 1 aromatic carbocycles. The quantitative estimate of drug-likeness (QED) is 0.780. The van der Waals surface area contributed by atoms with Crippen molar-refractivity contribution < 1.29 is 4.79 Å². The highest BCUT2D eigenvalue weighted by Crippen LogP contribution is 2.19. The molecule has 1 amide bonds. The first kappa shape index (κ1) is 11.8. The van der Waals surface area contributed by atoms with Gasteiger partial charge in [0.25, 0.3) is 0 Å². The Balaban J connectivity index is 1.92. The molecule has 1 aliphatic heterocycles. The average Bonchev–Trinajstić information content (AvgIpc) is 2.83. The Kier molecular flexibility index (Phi) is 3.52. The lowest BCUT2D eigenvalue weighted by atomic mass is 10.2. The normalized spacial score (nSPS) is 15.0. The zero-order valence-electron chi connectivity index (χ0n) is 10.2. The molecule has 4 nitrogen and oxygen atoms in total. The molecular weight excluding hydrogens is 214 g/mol. The van der Waals surface area contributed by atoms with Gasteiger partial charge in [0.2, 0.25) is 5.91 Å². The number of likely N-dealkylation sites (tertiary alicyclic amines) is 1. The summed E-state index contributed by atoms with van der Waals surface area (Å²) in [6.45, 7) is 4.12. The number of nitrogen functional groups attached to an aromatic ring is 1. The van der Waals surface area contributed by atoms with Crippen LogP contribution in [0, 0.1) is 6.92 Å². The highest BCUT2D eigenvalue weighted by Gasteiger charge is 2.17. The molecule has 92 valence electrons. The predicted molar refractivity (Wildman–Crippen MR) is 69.9 cm³/mol. The third-order valence-corrected chi connectivity index (χ3v) is 3.10. The first-order valence-corrected chi connectivity index (χ1v) is 6.04. The van der Waals surface area contributed by atoms with Gasteiger partial charge in [0.1, 0.15) is 0 Å². The van der Waals surface area contributed by atoms with Gasteiger partial charge in [-0.05, 0) is 37.5 Å². The van der Waals surface area contributed by atoms with Crippen LogP contribution in [0.25, 0.3) is 0 Å². The Bertz CT molecular complexity index is 411. The van der Waals surface area contributed by atoms with Gasteiger partial charge in [0.15, 0.2) is 0 Å². The second kappa shape index (κ2) is 5.08. The number of benzene rings is 1. The standard InChI is InChI=1S/C13H19N3O/c1-10-4-5-11(14)12(8-10)15-9-13(17)16-6-2-3-7-16/h4-5,8,15H,2-3,6-7,9,14H2,1H3. The lowest BCUT2D eigenvalue weighted by Gasteiger charge is -2.16. The molecule has 1 aromatic rings. The van der Waals surface area contributed by atoms with Crippen LogP contribution >= 0.6 is 0 Å². The van der Waals surface area contributed by atoms with E-state index in [4.69, 9.17) is 5.73 Å². The Labute approximate surface area is 102 Å². The molecule has 1 aliphatic rings. The molecule has 0 aliphatic carbocycles. The minimum atomic E-state index is 0.156.